The smallest absolute Gasteiger partial charge is 0.263 e. The van der Waals surface area contributed by atoms with Gasteiger partial charge in [0.05, 0.1) is 5.69 Å². The lowest BCUT2D eigenvalue weighted by atomic mass is 10.0. The van der Waals surface area contributed by atoms with Gasteiger partial charge in [-0.15, -0.1) is 0 Å². The van der Waals surface area contributed by atoms with E-state index in [2.05, 4.69) is 34.3 Å². The minimum absolute atomic E-state index is 0.0860. The van der Waals surface area contributed by atoms with Crippen LogP contribution in [-0.4, -0.2) is 39.0 Å². The van der Waals surface area contributed by atoms with Crippen molar-refractivity contribution in [3.05, 3.63) is 65.5 Å². The standard InChI is InChI=1S/C23H22N6O3/c1-13(2)15-8-10-16(11-9-15)29-22(30)19-20(23(29)31)28(27-25-19)12-18-24-21(26-32-18)17-7-5-4-6-14(17)3/h4-11,13,19-20H,12H2,1-3H3/t19-,20-/m1/s1. The SMILES string of the molecule is Cc1ccccc1-c1noc(CN2N=N[C@H]3C(=O)N(c4ccc(C(C)C)cc4)C(=O)[C@@H]32)n1. The Kier molecular flexibility index (Phi) is 4.80. The zero-order chi connectivity index (χ0) is 22.4. The summed E-state index contributed by atoms with van der Waals surface area (Å²) < 4.78 is 5.38. The van der Waals surface area contributed by atoms with E-state index in [9.17, 15) is 9.59 Å². The van der Waals surface area contributed by atoms with Gasteiger partial charge in [0.25, 0.3) is 11.8 Å². The number of anilines is 1. The van der Waals surface area contributed by atoms with E-state index in [1.807, 2.05) is 43.3 Å². The second kappa shape index (κ2) is 7.67. The molecule has 32 heavy (non-hydrogen) atoms. The highest BCUT2D eigenvalue weighted by Crippen LogP contribution is 2.33. The molecule has 0 saturated carbocycles. The molecule has 1 saturated heterocycles. The monoisotopic (exact) mass is 430 g/mol. The number of hydrogen-bond acceptors (Lipinski definition) is 8. The first-order chi connectivity index (χ1) is 15.4. The molecule has 1 aromatic heterocycles. The number of aryl methyl sites for hydroxylation is 1. The van der Waals surface area contributed by atoms with Gasteiger partial charge in [-0.05, 0) is 36.1 Å². The molecule has 1 fully saturated rings. The van der Waals surface area contributed by atoms with Crippen LogP contribution in [0.4, 0.5) is 5.69 Å². The molecule has 2 aromatic carbocycles. The zero-order valence-electron chi connectivity index (χ0n) is 18.0. The number of benzene rings is 2. The molecule has 2 aliphatic rings. The van der Waals surface area contributed by atoms with Crippen LogP contribution in [0.25, 0.3) is 11.4 Å². The molecule has 9 heteroatoms. The molecule has 2 aliphatic heterocycles. The Labute approximate surface area is 184 Å². The molecule has 0 bridgehead atoms. The van der Waals surface area contributed by atoms with E-state index in [-0.39, 0.29) is 18.4 Å². The molecule has 3 aromatic rings. The number of hydrogen-bond donors (Lipinski definition) is 0. The summed E-state index contributed by atoms with van der Waals surface area (Å²) in [6, 6.07) is 13.5. The van der Waals surface area contributed by atoms with E-state index in [1.165, 1.54) is 9.91 Å². The minimum atomic E-state index is -0.869. The molecule has 9 nitrogen and oxygen atoms in total. The Morgan fingerprint density at radius 1 is 1.03 bits per heavy atom. The quantitative estimate of drug-likeness (QED) is 0.572. The van der Waals surface area contributed by atoms with Crippen LogP contribution >= 0.6 is 0 Å². The Morgan fingerprint density at radius 2 is 1.78 bits per heavy atom. The first kappa shape index (κ1) is 20.0. The number of carbonyl (C=O) groups is 2. The Bertz CT molecular complexity index is 1220. The highest BCUT2D eigenvalue weighted by Gasteiger charge is 2.55. The van der Waals surface area contributed by atoms with E-state index in [1.54, 1.807) is 12.1 Å². The number of fused-ring (bicyclic) bond motifs is 1. The molecule has 162 valence electrons. The van der Waals surface area contributed by atoms with Crippen LogP contribution < -0.4 is 4.90 Å². The van der Waals surface area contributed by atoms with Crippen molar-refractivity contribution in [2.45, 2.75) is 45.3 Å². The topological polar surface area (TPSA) is 104 Å². The van der Waals surface area contributed by atoms with E-state index in [0.717, 1.165) is 16.7 Å². The fourth-order valence-electron chi connectivity index (χ4n) is 4.01. The average Bonchev–Trinajstić information content (AvgIpc) is 3.47. The van der Waals surface area contributed by atoms with Crippen LogP contribution in [0, 0.1) is 6.92 Å². The van der Waals surface area contributed by atoms with Gasteiger partial charge in [-0.1, -0.05) is 60.6 Å². The molecule has 5 rings (SSSR count). The van der Waals surface area contributed by atoms with Crippen molar-refractivity contribution in [3.8, 4) is 11.4 Å². The summed E-state index contributed by atoms with van der Waals surface area (Å²) in [6.07, 6.45) is 0. The molecule has 0 aliphatic carbocycles. The third-order valence-corrected chi connectivity index (χ3v) is 5.83. The molecule has 2 amide bonds. The zero-order valence-corrected chi connectivity index (χ0v) is 18.0. The Hall–Kier alpha value is -3.88. The molecule has 2 atom stereocenters. The largest absolute Gasteiger partial charge is 0.337 e. The first-order valence-electron chi connectivity index (χ1n) is 10.5. The van der Waals surface area contributed by atoms with Gasteiger partial charge in [-0.3, -0.25) is 14.6 Å². The second-order valence-corrected chi connectivity index (χ2v) is 8.28. The molecule has 0 N–H and O–H groups in total. The second-order valence-electron chi connectivity index (χ2n) is 8.28. The van der Waals surface area contributed by atoms with Crippen LogP contribution in [0.3, 0.4) is 0 Å². The average molecular weight is 430 g/mol. The summed E-state index contributed by atoms with van der Waals surface area (Å²) >= 11 is 0. The molecule has 0 radical (unpaired) electrons. The summed E-state index contributed by atoms with van der Waals surface area (Å²) in [5, 5.41) is 13.6. The van der Waals surface area contributed by atoms with E-state index in [0.29, 0.717) is 23.3 Å². The lowest BCUT2D eigenvalue weighted by molar-refractivity contribution is -0.123. The molecule has 0 unspecified atom stereocenters. The van der Waals surface area contributed by atoms with Gasteiger partial charge < -0.3 is 4.52 Å². The summed E-state index contributed by atoms with van der Waals surface area (Å²) in [4.78, 5) is 31.7. The van der Waals surface area contributed by atoms with E-state index >= 15 is 0 Å². The van der Waals surface area contributed by atoms with Crippen molar-refractivity contribution >= 4 is 17.5 Å². The predicted octanol–water partition coefficient (Wildman–Crippen LogP) is 3.66. The minimum Gasteiger partial charge on any atom is -0.337 e. The summed E-state index contributed by atoms with van der Waals surface area (Å²) in [5.41, 5.74) is 3.56. The van der Waals surface area contributed by atoms with Crippen molar-refractivity contribution in [2.24, 2.45) is 10.3 Å². The van der Waals surface area contributed by atoms with Crippen LogP contribution in [0.15, 0.2) is 63.4 Å². The number of aromatic nitrogens is 2. The lowest BCUT2D eigenvalue weighted by Gasteiger charge is -2.19. The molecule has 0 spiro atoms. The van der Waals surface area contributed by atoms with Gasteiger partial charge in [-0.25, -0.2) is 4.90 Å². The van der Waals surface area contributed by atoms with Crippen molar-refractivity contribution in [1.29, 1.82) is 0 Å². The van der Waals surface area contributed by atoms with Gasteiger partial charge in [0.15, 0.2) is 12.1 Å². The van der Waals surface area contributed by atoms with Crippen molar-refractivity contribution in [2.75, 3.05) is 4.90 Å². The van der Waals surface area contributed by atoms with Gasteiger partial charge in [0.2, 0.25) is 11.7 Å². The molecular weight excluding hydrogens is 408 g/mol. The van der Waals surface area contributed by atoms with E-state index < -0.39 is 12.1 Å². The summed E-state index contributed by atoms with van der Waals surface area (Å²) in [5.74, 6) is 0.376. The van der Waals surface area contributed by atoms with Crippen LogP contribution in [0.2, 0.25) is 0 Å². The lowest BCUT2D eigenvalue weighted by Crippen LogP contribution is -2.39. The van der Waals surface area contributed by atoms with Crippen molar-refractivity contribution in [1.82, 2.24) is 15.1 Å². The predicted molar refractivity (Wildman–Crippen MR) is 115 cm³/mol. The Morgan fingerprint density at radius 3 is 2.50 bits per heavy atom. The number of imide groups is 1. The fourth-order valence-corrected chi connectivity index (χ4v) is 4.01. The number of nitrogens with zero attached hydrogens (tertiary/aromatic N) is 6. The fraction of sp³-hybridized carbons (Fsp3) is 0.304. The maximum absolute atomic E-state index is 13.2. The van der Waals surface area contributed by atoms with Gasteiger partial charge >= 0.3 is 0 Å². The van der Waals surface area contributed by atoms with Gasteiger partial charge in [0.1, 0.15) is 6.54 Å². The highest BCUT2D eigenvalue weighted by atomic mass is 16.5. The van der Waals surface area contributed by atoms with Crippen molar-refractivity contribution in [3.63, 3.8) is 0 Å². The van der Waals surface area contributed by atoms with Gasteiger partial charge in [-0.2, -0.15) is 10.1 Å². The normalized spacial score (nSPS) is 20.0. The third-order valence-electron chi connectivity index (χ3n) is 5.83. The summed E-state index contributed by atoms with van der Waals surface area (Å²) in [7, 11) is 0. The molecular formula is C23H22N6O3. The van der Waals surface area contributed by atoms with E-state index in [4.69, 9.17) is 4.52 Å². The molecule has 3 heterocycles. The van der Waals surface area contributed by atoms with Crippen molar-refractivity contribution < 1.29 is 14.1 Å². The third kappa shape index (κ3) is 3.26. The van der Waals surface area contributed by atoms with Crippen LogP contribution in [0.1, 0.15) is 36.8 Å². The number of amides is 2. The maximum Gasteiger partial charge on any atom is 0.263 e. The highest BCUT2D eigenvalue weighted by molar-refractivity contribution is 6.25. The van der Waals surface area contributed by atoms with Crippen LogP contribution in [0.5, 0.6) is 0 Å². The van der Waals surface area contributed by atoms with Crippen LogP contribution in [-0.2, 0) is 16.1 Å². The summed E-state index contributed by atoms with van der Waals surface area (Å²) in [6.45, 7) is 6.23. The Balaban J connectivity index is 1.35. The van der Waals surface area contributed by atoms with Gasteiger partial charge in [0, 0.05) is 5.56 Å². The number of rotatable bonds is 5. The number of carbonyl (C=O) groups excluding carboxylic acids is 2. The first-order valence-corrected chi connectivity index (χ1v) is 10.5. The maximum atomic E-state index is 13.2.